The van der Waals surface area contributed by atoms with Gasteiger partial charge in [-0.05, 0) is 75.7 Å². The number of aliphatic imine (C=N–C) groups is 1. The molecule has 2 unspecified atom stereocenters. The van der Waals surface area contributed by atoms with Crippen LogP contribution in [0.5, 0.6) is 0 Å². The lowest BCUT2D eigenvalue weighted by atomic mass is 9.91. The summed E-state index contributed by atoms with van der Waals surface area (Å²) in [6.45, 7) is 12.6. The third-order valence-electron chi connectivity index (χ3n) is 6.63. The van der Waals surface area contributed by atoms with E-state index in [1.807, 2.05) is 29.2 Å². The summed E-state index contributed by atoms with van der Waals surface area (Å²) in [5, 5.41) is 10.0. The Balaban J connectivity index is 1.56. The Labute approximate surface area is 219 Å². The zero-order valence-electron chi connectivity index (χ0n) is 21.4. The van der Waals surface area contributed by atoms with E-state index < -0.39 is 0 Å². The van der Waals surface area contributed by atoms with E-state index in [-0.39, 0.29) is 6.17 Å². The molecule has 1 aromatic heterocycles. The second kappa shape index (κ2) is 14.3. The summed E-state index contributed by atoms with van der Waals surface area (Å²) in [5.74, 6) is 1.84. The molecule has 0 saturated carbocycles. The van der Waals surface area contributed by atoms with Crippen LogP contribution in [0.15, 0.2) is 75.8 Å². The zero-order chi connectivity index (χ0) is 25.0. The van der Waals surface area contributed by atoms with Crippen LogP contribution in [-0.4, -0.2) is 52.6 Å². The van der Waals surface area contributed by atoms with E-state index in [1.165, 1.54) is 11.3 Å². The molecular weight excluding hydrogens is 500 g/mol. The van der Waals surface area contributed by atoms with Crippen LogP contribution in [0.2, 0.25) is 0 Å². The van der Waals surface area contributed by atoms with Crippen molar-refractivity contribution in [3.8, 4) is 0 Å². The number of benzene rings is 1. The quantitative estimate of drug-likeness (QED) is 0.216. The van der Waals surface area contributed by atoms with Gasteiger partial charge in [0.25, 0.3) is 0 Å². The molecule has 3 rings (SSSR count). The van der Waals surface area contributed by atoms with Crippen molar-refractivity contribution in [1.82, 2.24) is 20.2 Å². The Morgan fingerprint density at radius 2 is 1.94 bits per heavy atom. The molecule has 1 fully saturated rings. The Morgan fingerprint density at radius 3 is 2.57 bits per heavy atom. The molecular formula is C28H39BrN6. The lowest BCUT2D eigenvalue weighted by Crippen LogP contribution is -2.40. The van der Waals surface area contributed by atoms with Crippen LogP contribution in [0.3, 0.4) is 0 Å². The summed E-state index contributed by atoms with van der Waals surface area (Å²) >= 11 is 3.53. The first kappa shape index (κ1) is 27.2. The van der Waals surface area contributed by atoms with Crippen LogP contribution < -0.4 is 5.32 Å². The van der Waals surface area contributed by atoms with Gasteiger partial charge in [0.2, 0.25) is 0 Å². The number of pyridine rings is 1. The van der Waals surface area contributed by atoms with Crippen LogP contribution in [0.25, 0.3) is 0 Å². The highest BCUT2D eigenvalue weighted by Crippen LogP contribution is 2.24. The maximum Gasteiger partial charge on any atom is 0.157 e. The van der Waals surface area contributed by atoms with Gasteiger partial charge in [0.05, 0.1) is 0 Å². The minimum Gasteiger partial charge on any atom is -0.303 e. The number of hydrogen-bond acceptors (Lipinski definition) is 6. The normalized spacial score (nSPS) is 18.1. The molecule has 0 bridgehead atoms. The number of rotatable bonds is 11. The van der Waals surface area contributed by atoms with E-state index in [2.05, 4.69) is 93.4 Å². The van der Waals surface area contributed by atoms with Crippen molar-refractivity contribution in [1.29, 1.82) is 0 Å². The fourth-order valence-corrected chi connectivity index (χ4v) is 4.85. The number of halogens is 1. The van der Waals surface area contributed by atoms with Crippen LogP contribution in [0.4, 0.5) is 0 Å². The van der Waals surface area contributed by atoms with Gasteiger partial charge in [0, 0.05) is 42.4 Å². The topological polar surface area (TPSA) is 56.1 Å². The molecule has 35 heavy (non-hydrogen) atoms. The summed E-state index contributed by atoms with van der Waals surface area (Å²) in [4.78, 5) is 13.7. The predicted octanol–water partition coefficient (Wildman–Crippen LogP) is 6.00. The summed E-state index contributed by atoms with van der Waals surface area (Å²) in [5.41, 5.74) is 3.72. The first-order valence-electron chi connectivity index (χ1n) is 12.5. The summed E-state index contributed by atoms with van der Waals surface area (Å²) in [6, 6.07) is 14.8. The van der Waals surface area contributed by atoms with Gasteiger partial charge in [-0.25, -0.2) is 10.0 Å². The van der Waals surface area contributed by atoms with Gasteiger partial charge in [-0.2, -0.15) is 5.10 Å². The molecule has 188 valence electrons. The third kappa shape index (κ3) is 8.37. The van der Waals surface area contributed by atoms with Crippen LogP contribution in [0.1, 0.15) is 57.6 Å². The first-order valence-corrected chi connectivity index (χ1v) is 13.5. The average molecular weight is 540 g/mol. The Morgan fingerprint density at radius 1 is 1.20 bits per heavy atom. The van der Waals surface area contributed by atoms with E-state index in [0.29, 0.717) is 18.4 Å². The van der Waals surface area contributed by atoms with Crippen LogP contribution >= 0.6 is 15.9 Å². The highest BCUT2D eigenvalue weighted by Gasteiger charge is 2.24. The van der Waals surface area contributed by atoms with Gasteiger partial charge < -0.3 is 4.90 Å². The fourth-order valence-electron chi connectivity index (χ4n) is 4.54. The Kier molecular flexibility index (Phi) is 11.1. The highest BCUT2D eigenvalue weighted by molar-refractivity contribution is 9.11. The molecule has 0 amide bonds. The van der Waals surface area contributed by atoms with Crippen LogP contribution in [-0.2, 0) is 6.54 Å². The van der Waals surface area contributed by atoms with Gasteiger partial charge >= 0.3 is 0 Å². The largest absolute Gasteiger partial charge is 0.303 e. The van der Waals surface area contributed by atoms with Gasteiger partial charge in [-0.15, -0.1) is 0 Å². The molecule has 1 aromatic carbocycles. The molecule has 0 radical (unpaired) electrons. The molecule has 2 heterocycles. The molecule has 0 spiro atoms. The Hall–Kier alpha value is -2.35. The molecule has 1 saturated heterocycles. The van der Waals surface area contributed by atoms with Crippen molar-refractivity contribution in [2.24, 2.45) is 16.0 Å². The van der Waals surface area contributed by atoms with Crippen LogP contribution in [0, 0.1) is 5.92 Å². The van der Waals surface area contributed by atoms with E-state index >= 15 is 0 Å². The van der Waals surface area contributed by atoms with Gasteiger partial charge in [-0.1, -0.05) is 59.3 Å². The minimum absolute atomic E-state index is 0.0342. The molecule has 7 heteroatoms. The smallest absolute Gasteiger partial charge is 0.157 e. The van der Waals surface area contributed by atoms with E-state index in [1.54, 1.807) is 12.4 Å². The molecule has 0 aliphatic carbocycles. The molecule has 2 aromatic rings. The minimum atomic E-state index is -0.0342. The molecule has 6 nitrogen and oxygen atoms in total. The van der Waals surface area contributed by atoms with Gasteiger partial charge in [0.1, 0.15) is 6.17 Å². The number of nitrogens with one attached hydrogen (secondary N) is 1. The molecule has 2 atom stereocenters. The number of nitrogens with zero attached hydrogens (tertiary/aromatic N) is 5. The SMILES string of the molecule is C/C=N\N(C(=C/Br)/N=C(\C)C1CCN(CC(C)c2ccccc2)CC1)C(C)NCc1cccnc1. The van der Waals surface area contributed by atoms with E-state index in [9.17, 15) is 0 Å². The van der Waals surface area contributed by atoms with E-state index in [4.69, 9.17) is 4.99 Å². The van der Waals surface area contributed by atoms with Crippen molar-refractivity contribution < 1.29 is 0 Å². The van der Waals surface area contributed by atoms with Crippen molar-refractivity contribution in [3.63, 3.8) is 0 Å². The standard InChI is InChI=1S/C28H39BrN6/c1-5-32-35(24(4)31-20-25-10-9-15-30-19-25)28(18-29)33-23(3)27-13-16-34(17-14-27)21-22(2)26-11-7-6-8-12-26/h5-12,15,18-19,22,24,27,31H,13-14,16-17,20-21H2,1-4H3/b28-18+,32-5-,33-23+. The number of piperidine rings is 1. The lowest BCUT2D eigenvalue weighted by Gasteiger charge is -2.34. The van der Waals surface area contributed by atoms with Crippen molar-refractivity contribution in [2.75, 3.05) is 19.6 Å². The molecule has 1 aliphatic heterocycles. The number of likely N-dealkylation sites (tertiary alicyclic amines) is 1. The third-order valence-corrected chi connectivity index (χ3v) is 7.04. The summed E-state index contributed by atoms with van der Waals surface area (Å²) < 4.78 is 0. The maximum atomic E-state index is 5.02. The molecule has 1 aliphatic rings. The average Bonchev–Trinajstić information content (AvgIpc) is 2.90. The second-order valence-electron chi connectivity index (χ2n) is 9.24. The zero-order valence-corrected chi connectivity index (χ0v) is 23.0. The fraction of sp³-hybridized carbons (Fsp3) is 0.464. The Bertz CT molecular complexity index is 967. The van der Waals surface area contributed by atoms with Gasteiger partial charge in [-0.3, -0.25) is 10.3 Å². The van der Waals surface area contributed by atoms with Gasteiger partial charge in [0.15, 0.2) is 5.82 Å². The first-order chi connectivity index (χ1) is 17.0. The number of hydrazone groups is 1. The number of hydrogen-bond donors (Lipinski definition) is 1. The summed E-state index contributed by atoms with van der Waals surface area (Å²) in [7, 11) is 0. The highest BCUT2D eigenvalue weighted by atomic mass is 79.9. The monoisotopic (exact) mass is 538 g/mol. The second-order valence-corrected chi connectivity index (χ2v) is 9.70. The lowest BCUT2D eigenvalue weighted by molar-refractivity contribution is 0.200. The van der Waals surface area contributed by atoms with Crippen molar-refractivity contribution in [3.05, 3.63) is 76.8 Å². The predicted molar refractivity (Wildman–Crippen MR) is 151 cm³/mol. The molecule has 1 N–H and O–H groups in total. The van der Waals surface area contributed by atoms with Crippen molar-refractivity contribution in [2.45, 2.75) is 59.2 Å². The summed E-state index contributed by atoms with van der Waals surface area (Å²) in [6.07, 6.45) is 7.71. The maximum absolute atomic E-state index is 5.02. The van der Waals surface area contributed by atoms with E-state index in [0.717, 1.165) is 43.9 Å². The number of aromatic nitrogens is 1. The van der Waals surface area contributed by atoms with Crippen molar-refractivity contribution >= 4 is 27.9 Å².